The van der Waals surface area contributed by atoms with E-state index in [1.807, 2.05) is 0 Å². The topological polar surface area (TPSA) is 49.6 Å². The van der Waals surface area contributed by atoms with Crippen molar-refractivity contribution in [3.63, 3.8) is 0 Å². The highest BCUT2D eigenvalue weighted by molar-refractivity contribution is 5.78. The minimum atomic E-state index is -0.177. The van der Waals surface area contributed by atoms with E-state index < -0.39 is 0 Å². The highest BCUT2D eigenvalue weighted by Crippen LogP contribution is 2.33. The van der Waals surface area contributed by atoms with Crippen LogP contribution in [0, 0.1) is 0 Å². The van der Waals surface area contributed by atoms with Gasteiger partial charge < -0.3 is 10.6 Å². The first-order valence-corrected chi connectivity index (χ1v) is 7.40. The summed E-state index contributed by atoms with van der Waals surface area (Å²) < 4.78 is 0. The first kappa shape index (κ1) is 12.4. The van der Waals surface area contributed by atoms with Crippen molar-refractivity contribution in [1.82, 2.24) is 9.80 Å². The molecule has 0 radical (unpaired) electrons. The Morgan fingerprint density at radius 3 is 2.78 bits per heavy atom. The van der Waals surface area contributed by atoms with Gasteiger partial charge in [-0.15, -0.1) is 0 Å². The average molecular weight is 251 g/mol. The molecule has 3 fully saturated rings. The third-order valence-electron chi connectivity index (χ3n) is 5.11. The standard InChI is InChI=1S/C14H25N3O/c1-11-9-16-7-2-4-12(16)10-17(11)13(18)8-14(15)5-3-6-14/h11-12H,2-10,15H2,1H3. The molecule has 2 atom stereocenters. The van der Waals surface area contributed by atoms with Crippen LogP contribution in [0.25, 0.3) is 0 Å². The summed E-state index contributed by atoms with van der Waals surface area (Å²) in [7, 11) is 0. The Labute approximate surface area is 109 Å². The first-order valence-electron chi connectivity index (χ1n) is 7.40. The van der Waals surface area contributed by atoms with Crippen molar-refractivity contribution in [2.75, 3.05) is 19.6 Å². The molecule has 1 amide bonds. The predicted molar refractivity (Wildman–Crippen MR) is 71.2 cm³/mol. The van der Waals surface area contributed by atoms with E-state index in [0.29, 0.717) is 18.5 Å². The molecule has 2 heterocycles. The van der Waals surface area contributed by atoms with Crippen LogP contribution < -0.4 is 5.73 Å². The maximum absolute atomic E-state index is 12.4. The summed E-state index contributed by atoms with van der Waals surface area (Å²) in [5.74, 6) is 0.288. The normalized spacial score (nSPS) is 35.1. The lowest BCUT2D eigenvalue weighted by Crippen LogP contribution is -2.59. The third kappa shape index (κ3) is 2.16. The van der Waals surface area contributed by atoms with Crippen LogP contribution in [0.15, 0.2) is 0 Å². The molecule has 0 spiro atoms. The largest absolute Gasteiger partial charge is 0.337 e. The van der Waals surface area contributed by atoms with Gasteiger partial charge in [0.25, 0.3) is 0 Å². The molecule has 4 nitrogen and oxygen atoms in total. The summed E-state index contributed by atoms with van der Waals surface area (Å²) >= 11 is 0. The Balaban J connectivity index is 1.62. The van der Waals surface area contributed by atoms with Crippen LogP contribution in [0.5, 0.6) is 0 Å². The SMILES string of the molecule is CC1CN2CCCC2CN1C(=O)CC1(N)CCC1. The second-order valence-electron chi connectivity index (χ2n) is 6.58. The summed E-state index contributed by atoms with van der Waals surface area (Å²) in [6.07, 6.45) is 6.34. The number of piperazine rings is 1. The zero-order chi connectivity index (χ0) is 12.8. The molecule has 2 aliphatic heterocycles. The van der Waals surface area contributed by atoms with Crippen LogP contribution >= 0.6 is 0 Å². The van der Waals surface area contributed by atoms with Crippen molar-refractivity contribution in [3.8, 4) is 0 Å². The Hall–Kier alpha value is -0.610. The highest BCUT2D eigenvalue weighted by Gasteiger charge is 2.40. The van der Waals surface area contributed by atoms with Crippen molar-refractivity contribution in [2.24, 2.45) is 5.73 Å². The van der Waals surface area contributed by atoms with Gasteiger partial charge >= 0.3 is 0 Å². The maximum atomic E-state index is 12.4. The van der Waals surface area contributed by atoms with Gasteiger partial charge in [0.1, 0.15) is 0 Å². The fraction of sp³-hybridized carbons (Fsp3) is 0.929. The number of hydrogen-bond donors (Lipinski definition) is 1. The molecular formula is C14H25N3O. The van der Waals surface area contributed by atoms with Gasteiger partial charge in [-0.1, -0.05) is 0 Å². The summed E-state index contributed by atoms with van der Waals surface area (Å²) in [4.78, 5) is 17.1. The summed E-state index contributed by atoms with van der Waals surface area (Å²) in [5.41, 5.74) is 6.03. The molecule has 2 N–H and O–H groups in total. The summed E-state index contributed by atoms with van der Waals surface area (Å²) in [6, 6.07) is 0.968. The molecule has 0 aromatic heterocycles. The third-order valence-corrected chi connectivity index (χ3v) is 5.11. The quantitative estimate of drug-likeness (QED) is 0.795. The van der Waals surface area contributed by atoms with Crippen LogP contribution in [0.3, 0.4) is 0 Å². The van der Waals surface area contributed by atoms with E-state index in [1.165, 1.54) is 25.8 Å². The fourth-order valence-electron chi connectivity index (χ4n) is 3.75. The van der Waals surface area contributed by atoms with Gasteiger partial charge in [0, 0.05) is 37.1 Å². The molecule has 1 aliphatic carbocycles. The predicted octanol–water partition coefficient (Wildman–Crippen LogP) is 0.953. The Morgan fingerprint density at radius 1 is 1.33 bits per heavy atom. The molecule has 0 aromatic rings. The van der Waals surface area contributed by atoms with E-state index in [9.17, 15) is 4.79 Å². The first-order chi connectivity index (χ1) is 8.57. The molecule has 3 rings (SSSR count). The van der Waals surface area contributed by atoms with Crippen molar-refractivity contribution in [3.05, 3.63) is 0 Å². The maximum Gasteiger partial charge on any atom is 0.224 e. The molecule has 2 saturated heterocycles. The summed E-state index contributed by atoms with van der Waals surface area (Å²) in [6.45, 7) is 5.37. The van der Waals surface area contributed by atoms with Gasteiger partial charge in [-0.05, 0) is 45.6 Å². The summed E-state index contributed by atoms with van der Waals surface area (Å²) in [5, 5.41) is 0. The molecule has 4 heteroatoms. The second-order valence-corrected chi connectivity index (χ2v) is 6.58. The minimum absolute atomic E-state index is 0.177. The zero-order valence-electron chi connectivity index (χ0n) is 11.4. The molecule has 3 aliphatic rings. The number of nitrogens with two attached hydrogens (primary N) is 1. The van der Waals surface area contributed by atoms with Crippen LogP contribution in [-0.2, 0) is 4.79 Å². The monoisotopic (exact) mass is 251 g/mol. The number of nitrogens with zero attached hydrogens (tertiary/aromatic N) is 2. The molecule has 18 heavy (non-hydrogen) atoms. The molecule has 1 saturated carbocycles. The number of carbonyl (C=O) groups is 1. The lowest BCUT2D eigenvalue weighted by molar-refractivity contribution is -0.138. The van der Waals surface area contributed by atoms with Crippen LogP contribution in [-0.4, -0.2) is 53.0 Å². The smallest absolute Gasteiger partial charge is 0.224 e. The molecular weight excluding hydrogens is 226 g/mol. The van der Waals surface area contributed by atoms with E-state index in [0.717, 1.165) is 25.9 Å². The van der Waals surface area contributed by atoms with Gasteiger partial charge in [0.15, 0.2) is 0 Å². The number of amides is 1. The van der Waals surface area contributed by atoms with E-state index >= 15 is 0 Å². The van der Waals surface area contributed by atoms with Gasteiger partial charge in [-0.25, -0.2) is 0 Å². The minimum Gasteiger partial charge on any atom is -0.337 e. The van der Waals surface area contributed by atoms with Crippen molar-refractivity contribution in [1.29, 1.82) is 0 Å². The van der Waals surface area contributed by atoms with Gasteiger partial charge in [0.2, 0.25) is 5.91 Å². The molecule has 2 unspecified atom stereocenters. The van der Waals surface area contributed by atoms with Crippen LogP contribution in [0.2, 0.25) is 0 Å². The Bertz CT molecular complexity index is 340. The number of fused-ring (bicyclic) bond motifs is 1. The molecule has 102 valence electrons. The van der Waals surface area contributed by atoms with Gasteiger partial charge in [-0.2, -0.15) is 0 Å². The van der Waals surface area contributed by atoms with Crippen LogP contribution in [0.4, 0.5) is 0 Å². The van der Waals surface area contributed by atoms with E-state index in [4.69, 9.17) is 5.73 Å². The average Bonchev–Trinajstić information content (AvgIpc) is 2.72. The number of hydrogen-bond acceptors (Lipinski definition) is 3. The lowest BCUT2D eigenvalue weighted by Gasteiger charge is -2.45. The fourth-order valence-corrected chi connectivity index (χ4v) is 3.75. The van der Waals surface area contributed by atoms with Crippen LogP contribution in [0.1, 0.15) is 45.4 Å². The van der Waals surface area contributed by atoms with Crippen molar-refractivity contribution in [2.45, 2.75) is 63.1 Å². The van der Waals surface area contributed by atoms with E-state index in [-0.39, 0.29) is 11.4 Å². The van der Waals surface area contributed by atoms with Crippen molar-refractivity contribution >= 4 is 5.91 Å². The lowest BCUT2D eigenvalue weighted by atomic mass is 9.75. The molecule has 0 bridgehead atoms. The zero-order valence-corrected chi connectivity index (χ0v) is 11.4. The highest BCUT2D eigenvalue weighted by atomic mass is 16.2. The van der Waals surface area contributed by atoms with Gasteiger partial charge in [0.05, 0.1) is 0 Å². The number of rotatable bonds is 2. The number of carbonyl (C=O) groups excluding carboxylic acids is 1. The second kappa shape index (κ2) is 4.49. The van der Waals surface area contributed by atoms with Gasteiger partial charge in [-0.3, -0.25) is 9.69 Å². The Morgan fingerprint density at radius 2 is 2.11 bits per heavy atom. The van der Waals surface area contributed by atoms with E-state index in [1.54, 1.807) is 0 Å². The Kier molecular flexibility index (Phi) is 3.10. The van der Waals surface area contributed by atoms with Crippen molar-refractivity contribution < 1.29 is 4.79 Å². The van der Waals surface area contributed by atoms with E-state index in [2.05, 4.69) is 16.7 Å². The molecule has 0 aromatic carbocycles.